The summed E-state index contributed by atoms with van der Waals surface area (Å²) in [6.07, 6.45) is 51.4. The average Bonchev–Trinajstić information content (AvgIpc) is 0.754. The number of esters is 1. The van der Waals surface area contributed by atoms with Gasteiger partial charge in [-0.1, -0.05) is 183 Å². The van der Waals surface area contributed by atoms with Crippen LogP contribution in [0.25, 0.3) is 0 Å². The maximum absolute atomic E-state index is 11.3. The van der Waals surface area contributed by atoms with Crippen LogP contribution in [-0.2, 0) is 35.9 Å². The fourth-order valence-electron chi connectivity index (χ4n) is 23.8. The van der Waals surface area contributed by atoms with Gasteiger partial charge in [-0.25, -0.2) is 0 Å². The third-order valence-electron chi connectivity index (χ3n) is 30.6. The highest BCUT2D eigenvalue weighted by atomic mass is 16.5. The molecule has 8 atom stereocenters. The number of ether oxygens (including phenoxy) is 2. The van der Waals surface area contributed by atoms with E-state index in [-0.39, 0.29) is 147 Å². The maximum atomic E-state index is 11.3. The number of benzene rings is 4. The highest BCUT2D eigenvalue weighted by molar-refractivity contribution is 5.66. The van der Waals surface area contributed by atoms with Crippen LogP contribution in [0.3, 0.4) is 0 Å². The molecular formula is C107H150O14. The van der Waals surface area contributed by atoms with Crippen LogP contribution < -0.4 is 0 Å². The third-order valence-corrected chi connectivity index (χ3v) is 30.6. The van der Waals surface area contributed by atoms with Gasteiger partial charge >= 0.3 is 5.97 Å². The molecule has 0 aromatic heterocycles. The quantitative estimate of drug-likeness (QED) is 0.0127. The number of phenolic OH excluding ortho intramolecular Hbond substituents is 8. The van der Waals surface area contributed by atoms with Crippen molar-refractivity contribution in [3.63, 3.8) is 0 Å². The lowest BCUT2D eigenvalue weighted by Gasteiger charge is -2.57. The Kier molecular flexibility index (Phi) is 32.8. The van der Waals surface area contributed by atoms with E-state index in [9.17, 15) is 61.0 Å². The van der Waals surface area contributed by atoms with Crippen molar-refractivity contribution in [2.45, 2.75) is 325 Å². The Hall–Kier alpha value is -7.75. The van der Waals surface area contributed by atoms with E-state index in [4.69, 9.17) is 9.47 Å². The summed E-state index contributed by atoms with van der Waals surface area (Å²) < 4.78 is 10.8. The fraction of sp³-hybridized carbons (Fsp3) is 0.598. The predicted octanol–water partition coefficient (Wildman–Crippen LogP) is 25.0. The molecule has 6 saturated carbocycles. The molecule has 14 heteroatoms. The number of carbonyl (C=O) groups excluding carboxylic acids is 1. The molecule has 0 spiro atoms. The molecule has 1 heterocycles. The van der Waals surface area contributed by atoms with Crippen molar-refractivity contribution < 1.29 is 70.4 Å². The van der Waals surface area contributed by atoms with Gasteiger partial charge in [-0.15, -0.1) is 0 Å². The zero-order chi connectivity index (χ0) is 87.1. The number of rotatable bonds is 31. The minimum atomic E-state index is -0.302. The Bertz CT molecular complexity index is 4300. The van der Waals surface area contributed by atoms with Gasteiger partial charge in [-0.3, -0.25) is 4.79 Å². The number of phenols is 8. The normalized spacial score (nSPS) is 26.6. The minimum Gasteiger partial charge on any atom is -0.507 e. The Labute approximate surface area is 725 Å². The van der Waals surface area contributed by atoms with Crippen molar-refractivity contribution in [3.05, 3.63) is 200 Å². The molecule has 0 unspecified atom stereocenters. The molecule has 0 amide bonds. The third kappa shape index (κ3) is 22.0. The minimum absolute atomic E-state index is 0.00465. The van der Waals surface area contributed by atoms with Crippen molar-refractivity contribution in [1.29, 1.82) is 0 Å². The van der Waals surface area contributed by atoms with Gasteiger partial charge in [-0.2, -0.15) is 0 Å². The number of aliphatic hydroxyl groups is 3. The number of aliphatic hydroxyl groups excluding tert-OH is 3. The highest BCUT2D eigenvalue weighted by Gasteiger charge is 2.53. The number of carbonyl (C=O) groups is 1. The van der Waals surface area contributed by atoms with Crippen molar-refractivity contribution in [2.75, 3.05) is 39.6 Å². The Morgan fingerprint density at radius 3 is 1.03 bits per heavy atom. The largest absolute Gasteiger partial charge is 0.507 e. The van der Waals surface area contributed by atoms with Gasteiger partial charge in [0.2, 0.25) is 0 Å². The Morgan fingerprint density at radius 2 is 0.736 bits per heavy atom. The van der Waals surface area contributed by atoms with Crippen LogP contribution in [0.4, 0.5) is 0 Å². The molecule has 4 aromatic carbocycles. The van der Waals surface area contributed by atoms with Gasteiger partial charge in [-0.05, 0) is 326 Å². The molecular weight excluding hydrogens is 1510 g/mol. The van der Waals surface area contributed by atoms with E-state index < -0.39 is 0 Å². The van der Waals surface area contributed by atoms with Crippen LogP contribution >= 0.6 is 0 Å². The van der Waals surface area contributed by atoms with Gasteiger partial charge in [0.05, 0.1) is 19.8 Å². The summed E-state index contributed by atoms with van der Waals surface area (Å²) in [4.78, 5) is 11.3. The smallest absolute Gasteiger partial charge is 0.302 e. The second kappa shape index (κ2) is 42.3. The van der Waals surface area contributed by atoms with E-state index in [1.807, 2.05) is 94.5 Å². The lowest BCUT2D eigenvalue weighted by molar-refractivity contribution is -0.140. The van der Waals surface area contributed by atoms with Crippen LogP contribution in [0.2, 0.25) is 0 Å². The lowest BCUT2D eigenvalue weighted by atomic mass is 9.48. The first-order valence-electron chi connectivity index (χ1n) is 46.9. The fourth-order valence-corrected chi connectivity index (χ4v) is 23.8. The van der Waals surface area contributed by atoms with E-state index in [0.29, 0.717) is 35.5 Å². The van der Waals surface area contributed by atoms with Crippen LogP contribution in [0.15, 0.2) is 156 Å². The van der Waals surface area contributed by atoms with E-state index in [1.165, 1.54) is 110 Å². The SMILES string of the molecule is C=C(C)[C@H]1CCC(CO)=C[C@@H]1c1c(O)cc(C2(/C=C\CCCC)CCOCC2)cc1O.C=C(C)[C@H]1CCC(CO)=C[C@@H]1c1c(O)cc(C2(CCCCCC)CCC2)cc1O.C=C(C)[C@H]1CCC(CO)=C[C@@H]1c1c(O)cc(C23CC4CC(CC(C4)C2)C3)cc1O.C=C(C)[C@H]1CCC(COC(C)=O)=C[C@@H]1c1c(O)cc(C2(CCCCCC)CCC2)cc1O. The van der Waals surface area contributed by atoms with Gasteiger partial charge < -0.3 is 65.6 Å². The van der Waals surface area contributed by atoms with Crippen LogP contribution in [-0.4, -0.2) is 102 Å². The summed E-state index contributed by atoms with van der Waals surface area (Å²) in [6, 6.07) is 15.2. The van der Waals surface area contributed by atoms with Crippen molar-refractivity contribution in [3.8, 4) is 46.0 Å². The topological polar surface area (TPSA) is 258 Å². The summed E-state index contributed by atoms with van der Waals surface area (Å²) >= 11 is 0. The molecule has 662 valence electrons. The summed E-state index contributed by atoms with van der Waals surface area (Å²) in [5.74, 6) is 3.51. The molecule has 14 nitrogen and oxygen atoms in total. The van der Waals surface area contributed by atoms with Crippen LogP contribution in [0, 0.1) is 41.4 Å². The summed E-state index contributed by atoms with van der Waals surface area (Å²) in [7, 11) is 0. The molecule has 10 aliphatic carbocycles. The Balaban J connectivity index is 0.000000158. The highest BCUT2D eigenvalue weighted by Crippen LogP contribution is 2.63. The van der Waals surface area contributed by atoms with Gasteiger partial charge in [0.1, 0.15) is 52.6 Å². The zero-order valence-corrected chi connectivity index (χ0v) is 74.9. The number of allylic oxidation sites excluding steroid dienone is 10. The second-order valence-electron chi connectivity index (χ2n) is 39.2. The van der Waals surface area contributed by atoms with Crippen molar-refractivity contribution in [2.24, 2.45) is 41.4 Å². The van der Waals surface area contributed by atoms with Crippen molar-refractivity contribution >= 4 is 5.97 Å². The molecule has 4 bridgehead atoms. The first-order chi connectivity index (χ1) is 58.0. The van der Waals surface area contributed by atoms with Crippen LogP contribution in [0.5, 0.6) is 46.0 Å². The van der Waals surface area contributed by atoms with Crippen LogP contribution in [0.1, 0.15) is 348 Å². The van der Waals surface area contributed by atoms with Gasteiger partial charge in [0.15, 0.2) is 0 Å². The summed E-state index contributed by atoms with van der Waals surface area (Å²) in [5, 5.41) is 118. The van der Waals surface area contributed by atoms with E-state index in [1.54, 1.807) is 0 Å². The molecule has 4 aromatic rings. The zero-order valence-electron chi connectivity index (χ0n) is 74.9. The molecule has 11 aliphatic rings. The molecule has 0 radical (unpaired) electrons. The maximum Gasteiger partial charge on any atom is 0.302 e. The first kappa shape index (κ1) is 93.9. The molecule has 121 heavy (non-hydrogen) atoms. The van der Waals surface area contributed by atoms with Crippen molar-refractivity contribution in [1.82, 2.24) is 0 Å². The van der Waals surface area contributed by atoms with E-state index >= 15 is 0 Å². The first-order valence-corrected chi connectivity index (χ1v) is 46.9. The molecule has 1 saturated heterocycles. The van der Waals surface area contributed by atoms with E-state index in [0.717, 1.165) is 207 Å². The lowest BCUT2D eigenvalue weighted by Crippen LogP contribution is -2.48. The number of unbranched alkanes of at least 4 members (excludes halogenated alkanes) is 8. The average molecular weight is 1660 g/mol. The number of hydrogen-bond donors (Lipinski definition) is 11. The number of hydrogen-bond acceptors (Lipinski definition) is 14. The predicted molar refractivity (Wildman–Crippen MR) is 489 cm³/mol. The van der Waals surface area contributed by atoms with E-state index in [2.05, 4.69) is 65.3 Å². The number of aromatic hydroxyl groups is 8. The monoisotopic (exact) mass is 1660 g/mol. The second-order valence-corrected chi connectivity index (χ2v) is 39.2. The molecule has 1 aliphatic heterocycles. The summed E-state index contributed by atoms with van der Waals surface area (Å²) in [5.41, 5.74) is 14.8. The Morgan fingerprint density at radius 1 is 0.421 bits per heavy atom. The molecule has 15 rings (SSSR count). The molecule has 7 fully saturated rings. The molecule has 11 N–H and O–H groups in total. The van der Waals surface area contributed by atoms with Gasteiger partial charge in [0.25, 0.3) is 0 Å². The standard InChI is InChI=1S/C28H40O4.C27H38O4.C26H34O3.C26H38O3/c1-5-6-7-8-12-28(13-9-14-28)22-16-25(30)27(26(31)17-22)24-15-21(18-32-20(4)29)10-11-23(24)19(2)3;1-4-5-6-7-10-27(11-13-31-14-12-27)21-16-24(29)26(25(30)17-21)23-15-20(18-28)8-9-22(23)19(2)3;1-15(2)21-4-3-16(14-27)8-22(21)25-23(28)9-20(10-24(25)29)26-11-17-5-18(12-26)7-19(6-17)13-26;1-4-5-6-7-11-26(12-8-13-26)20-15-23(28)25(24(29)16-20)22-14-19(17-27)9-10-21(22)18(2)3/h15-17,23-24,30-31H,2,5-14,18H2,1,3-4H3;7,10,15-17,22-23,28-30H,2,4-6,8-9,11-14,18H2,1,3H3;8-10,17-19,21-22,27-29H,1,3-7,11-14H2,2H3;14-16,21-22,27-29H,2,4-13,17H2,1,3H3/b;10-7-;;/t23-,24+;22-,23+;17?,18?,19?,21-,22+,26?;21-,22+/m1111/s1. The summed E-state index contributed by atoms with van der Waals surface area (Å²) in [6.45, 7) is 34.3. The van der Waals surface area contributed by atoms with Gasteiger partial charge in [0, 0.05) is 71.5 Å².